The molecule has 2 aromatic heterocycles. The number of likely N-dealkylation sites (tertiary alicyclic amines) is 1. The summed E-state index contributed by atoms with van der Waals surface area (Å²) < 4.78 is 14.7. The number of rotatable bonds is 4. The number of nitrogens with zero attached hydrogens (tertiary/aromatic N) is 2. The van der Waals surface area contributed by atoms with Crippen molar-refractivity contribution in [2.45, 2.75) is 32.4 Å². The second-order valence-corrected chi connectivity index (χ2v) is 10.5. The van der Waals surface area contributed by atoms with Crippen molar-refractivity contribution in [3.63, 3.8) is 0 Å². The molecule has 2 aliphatic heterocycles. The monoisotopic (exact) mass is 548 g/mol. The van der Waals surface area contributed by atoms with Gasteiger partial charge in [0.1, 0.15) is 22.8 Å². The van der Waals surface area contributed by atoms with Crippen molar-refractivity contribution < 1.29 is 14.3 Å². The first kappa shape index (κ1) is 23.1. The molecule has 4 aromatic rings. The van der Waals surface area contributed by atoms with Crippen LogP contribution in [-0.4, -0.2) is 27.7 Å². The maximum Gasteiger partial charge on any atom is 0.250 e. The van der Waals surface area contributed by atoms with Crippen LogP contribution in [0.2, 0.25) is 0 Å². The first-order chi connectivity index (χ1) is 17.4. The van der Waals surface area contributed by atoms with Gasteiger partial charge >= 0.3 is 0 Å². The molecule has 2 bridgehead atoms. The van der Waals surface area contributed by atoms with Crippen LogP contribution in [0.3, 0.4) is 0 Å². The Morgan fingerprint density at radius 2 is 1.89 bits per heavy atom. The molecule has 8 heteroatoms. The van der Waals surface area contributed by atoms with E-state index < -0.39 is 0 Å². The molecule has 36 heavy (non-hydrogen) atoms. The number of hydrogen-bond acceptors (Lipinski definition) is 6. The molecule has 0 unspecified atom stereocenters. The van der Waals surface area contributed by atoms with Crippen molar-refractivity contribution in [1.29, 1.82) is 0 Å². The van der Waals surface area contributed by atoms with Crippen LogP contribution in [0.4, 0.5) is 0 Å². The van der Waals surface area contributed by atoms with E-state index in [1.54, 1.807) is 31.2 Å². The van der Waals surface area contributed by atoms with E-state index in [0.717, 1.165) is 29.7 Å². The van der Waals surface area contributed by atoms with Crippen molar-refractivity contribution in [3.8, 4) is 17.2 Å². The van der Waals surface area contributed by atoms with Crippen molar-refractivity contribution in [3.05, 3.63) is 96.7 Å². The molecule has 0 amide bonds. The van der Waals surface area contributed by atoms with Gasteiger partial charge in [-0.05, 0) is 65.5 Å². The van der Waals surface area contributed by atoms with Gasteiger partial charge in [-0.3, -0.25) is 14.5 Å². The molecule has 1 N–H and O–H groups in total. The Balaban J connectivity index is 1.35. The number of phenols is 1. The second kappa shape index (κ2) is 8.94. The molecule has 2 aromatic carbocycles. The van der Waals surface area contributed by atoms with Gasteiger partial charge in [0, 0.05) is 43.9 Å². The molecule has 0 saturated carbocycles. The van der Waals surface area contributed by atoms with E-state index in [1.807, 2.05) is 34.9 Å². The minimum atomic E-state index is -0.283. The van der Waals surface area contributed by atoms with Gasteiger partial charge in [-0.1, -0.05) is 18.2 Å². The zero-order valence-corrected chi connectivity index (χ0v) is 21.3. The number of piperidine rings is 1. The fourth-order valence-corrected chi connectivity index (χ4v) is 6.02. The van der Waals surface area contributed by atoms with Gasteiger partial charge in [0.15, 0.2) is 0 Å². The normalized spacial score (nSPS) is 19.3. The van der Waals surface area contributed by atoms with E-state index in [9.17, 15) is 14.7 Å². The average Bonchev–Trinajstić information content (AvgIpc) is 2.85. The van der Waals surface area contributed by atoms with Crippen molar-refractivity contribution >= 4 is 26.9 Å². The van der Waals surface area contributed by atoms with Gasteiger partial charge in [-0.25, -0.2) is 0 Å². The number of ether oxygens (including phenoxy) is 1. The Hall–Kier alpha value is -3.36. The lowest BCUT2D eigenvalue weighted by atomic mass is 9.83. The molecular formula is C28H25BrN2O5. The Morgan fingerprint density at radius 1 is 1.06 bits per heavy atom. The number of hydrogen-bond donors (Lipinski definition) is 1. The highest BCUT2D eigenvalue weighted by Gasteiger charge is 2.35. The van der Waals surface area contributed by atoms with Gasteiger partial charge in [0.2, 0.25) is 11.2 Å². The van der Waals surface area contributed by atoms with Crippen LogP contribution in [0.1, 0.15) is 29.4 Å². The third-order valence-corrected chi connectivity index (χ3v) is 7.90. The fourth-order valence-electron chi connectivity index (χ4n) is 5.65. The number of phenolic OH excluding ortho intramolecular Hbond substituents is 1. The first-order valence-electron chi connectivity index (χ1n) is 12.0. The predicted molar refractivity (Wildman–Crippen MR) is 140 cm³/mol. The molecule has 2 aliphatic rings. The molecule has 7 nitrogen and oxygen atoms in total. The molecule has 0 spiro atoms. The number of pyridine rings is 1. The van der Waals surface area contributed by atoms with Crippen LogP contribution in [-0.2, 0) is 13.1 Å². The minimum Gasteiger partial charge on any atom is -0.507 e. The zero-order chi connectivity index (χ0) is 25.0. The number of aromatic hydroxyl groups is 1. The summed E-state index contributed by atoms with van der Waals surface area (Å²) in [5.41, 5.74) is 1.81. The van der Waals surface area contributed by atoms with Gasteiger partial charge < -0.3 is 18.8 Å². The number of fused-ring (bicyclic) bond motifs is 5. The summed E-state index contributed by atoms with van der Waals surface area (Å²) in [6.45, 7) is 4.41. The molecule has 184 valence electrons. The van der Waals surface area contributed by atoms with Gasteiger partial charge in [0.25, 0.3) is 5.56 Å². The molecule has 2 atom stereocenters. The SMILES string of the molecule is Cc1oc2c(CN3C[C@H]4C[C@@H](C3)c3cccc(=O)n3C4)c(O)ccc2c(=O)c1Oc1ccccc1Br. The Kier molecular flexibility index (Phi) is 5.73. The van der Waals surface area contributed by atoms with E-state index in [1.165, 1.54) is 0 Å². The molecule has 4 heterocycles. The molecule has 0 radical (unpaired) electrons. The summed E-state index contributed by atoms with van der Waals surface area (Å²) in [5.74, 6) is 1.69. The van der Waals surface area contributed by atoms with Crippen LogP contribution in [0.15, 0.2) is 73.1 Å². The van der Waals surface area contributed by atoms with E-state index in [4.69, 9.17) is 9.15 Å². The number of benzene rings is 2. The van der Waals surface area contributed by atoms with E-state index >= 15 is 0 Å². The van der Waals surface area contributed by atoms with Gasteiger partial charge in [-0.15, -0.1) is 0 Å². The summed E-state index contributed by atoms with van der Waals surface area (Å²) in [6.07, 6.45) is 1.05. The quantitative estimate of drug-likeness (QED) is 0.380. The molecule has 1 saturated heterocycles. The van der Waals surface area contributed by atoms with Crippen LogP contribution in [0.25, 0.3) is 11.0 Å². The first-order valence-corrected chi connectivity index (χ1v) is 12.8. The number of para-hydroxylation sites is 1. The molecule has 0 aliphatic carbocycles. The van der Waals surface area contributed by atoms with Gasteiger partial charge in [-0.2, -0.15) is 0 Å². The summed E-state index contributed by atoms with van der Waals surface area (Å²) in [7, 11) is 0. The number of halogens is 1. The lowest BCUT2D eigenvalue weighted by Gasteiger charge is -2.42. The lowest BCUT2D eigenvalue weighted by Crippen LogP contribution is -2.46. The lowest BCUT2D eigenvalue weighted by molar-refractivity contribution is 0.113. The maximum atomic E-state index is 13.4. The van der Waals surface area contributed by atoms with Crippen LogP contribution in [0.5, 0.6) is 17.2 Å². The minimum absolute atomic E-state index is 0.0557. The second-order valence-electron chi connectivity index (χ2n) is 9.68. The van der Waals surface area contributed by atoms with Crippen LogP contribution >= 0.6 is 15.9 Å². The number of aromatic nitrogens is 1. The maximum absolute atomic E-state index is 13.4. The average molecular weight is 549 g/mol. The Morgan fingerprint density at radius 3 is 2.72 bits per heavy atom. The highest BCUT2D eigenvalue weighted by Crippen LogP contribution is 2.38. The van der Waals surface area contributed by atoms with Crippen molar-refractivity contribution in [2.75, 3.05) is 13.1 Å². The topological polar surface area (TPSA) is 84.9 Å². The van der Waals surface area contributed by atoms with Crippen LogP contribution in [0, 0.1) is 12.8 Å². The van der Waals surface area contributed by atoms with Crippen molar-refractivity contribution in [2.24, 2.45) is 5.92 Å². The largest absolute Gasteiger partial charge is 0.507 e. The fraction of sp³-hybridized carbons (Fsp3) is 0.286. The summed E-state index contributed by atoms with van der Waals surface area (Å²) in [4.78, 5) is 28.1. The van der Waals surface area contributed by atoms with E-state index in [-0.39, 0.29) is 28.4 Å². The van der Waals surface area contributed by atoms with Gasteiger partial charge in [0.05, 0.1) is 15.4 Å². The molecule has 6 rings (SSSR count). The summed E-state index contributed by atoms with van der Waals surface area (Å²) in [6, 6.07) is 15.9. The Bertz CT molecular complexity index is 1610. The Labute approximate surface area is 215 Å². The van der Waals surface area contributed by atoms with Crippen LogP contribution < -0.4 is 15.7 Å². The van der Waals surface area contributed by atoms with E-state index in [2.05, 4.69) is 20.8 Å². The zero-order valence-electron chi connectivity index (χ0n) is 19.7. The number of aryl methyl sites for hydroxylation is 1. The third-order valence-electron chi connectivity index (χ3n) is 7.25. The molecular weight excluding hydrogens is 524 g/mol. The predicted octanol–water partition coefficient (Wildman–Crippen LogP) is 5.14. The third kappa shape index (κ3) is 3.94. The van der Waals surface area contributed by atoms with Crippen molar-refractivity contribution in [1.82, 2.24) is 9.47 Å². The van der Waals surface area contributed by atoms with E-state index in [0.29, 0.717) is 47.0 Å². The molecule has 1 fully saturated rings. The summed E-state index contributed by atoms with van der Waals surface area (Å²) in [5, 5.41) is 11.2. The smallest absolute Gasteiger partial charge is 0.250 e. The highest BCUT2D eigenvalue weighted by molar-refractivity contribution is 9.10. The highest BCUT2D eigenvalue weighted by atomic mass is 79.9. The summed E-state index contributed by atoms with van der Waals surface area (Å²) >= 11 is 3.45. The standard InChI is InChI=1S/C28H25BrN2O5/c1-16-27(36-24-7-3-2-5-21(24)29)26(34)19-9-10-23(32)20(28(19)35-16)15-30-12-17-11-18(14-30)22-6-4-8-25(33)31(22)13-17/h2-10,17-18,32H,11-15H2,1H3/t17-,18+/m1/s1.